The van der Waals surface area contributed by atoms with Crippen LogP contribution in [0.4, 0.5) is 0 Å². The molecule has 3 N–H and O–H groups in total. The Labute approximate surface area is 93.9 Å². The maximum Gasteiger partial charge on any atom is 0.259 e. The highest BCUT2D eigenvalue weighted by Gasteiger charge is 2.17. The van der Waals surface area contributed by atoms with E-state index in [-0.39, 0.29) is 17.1 Å². The largest absolute Gasteiger partial charge is 0.507 e. The molecule has 1 unspecified atom stereocenters. The summed E-state index contributed by atoms with van der Waals surface area (Å²) in [6.45, 7) is 1.83. The van der Waals surface area contributed by atoms with Crippen LogP contribution in [0.25, 0.3) is 0 Å². The lowest BCUT2D eigenvalue weighted by Crippen LogP contribution is -2.33. The molecule has 0 saturated heterocycles. The minimum atomic E-state index is -0.583. The van der Waals surface area contributed by atoms with Gasteiger partial charge in [0, 0.05) is 0 Å². The molecule has 0 aliphatic heterocycles. The summed E-state index contributed by atoms with van der Waals surface area (Å²) in [5.41, 5.74) is -0.156. The van der Waals surface area contributed by atoms with Gasteiger partial charge in [-0.3, -0.25) is 4.79 Å². The van der Waals surface area contributed by atoms with Gasteiger partial charge >= 0.3 is 0 Å². The summed E-state index contributed by atoms with van der Waals surface area (Å²) in [4.78, 5) is 11.7. The maximum absolute atomic E-state index is 11.7. The molecule has 0 spiro atoms. The van der Waals surface area contributed by atoms with Crippen molar-refractivity contribution in [2.45, 2.75) is 19.4 Å². The number of hydrogen-bond donors (Lipinski definition) is 3. The van der Waals surface area contributed by atoms with Crippen LogP contribution in [0, 0.1) is 12.3 Å². The number of terminal acetylenes is 1. The zero-order chi connectivity index (χ0) is 12.1. The standard InChI is InChI=1S/C12H13NO3/c1-3-8(4-2)13-12(16)11-9(14)6-5-7-10(11)15/h1,5-8,14-15H,4H2,2H3,(H,13,16). The highest BCUT2D eigenvalue weighted by atomic mass is 16.3. The summed E-state index contributed by atoms with van der Waals surface area (Å²) in [7, 11) is 0. The monoisotopic (exact) mass is 219 g/mol. The Morgan fingerprint density at radius 1 is 1.50 bits per heavy atom. The number of aromatic hydroxyl groups is 2. The molecule has 0 bridgehead atoms. The molecule has 1 aromatic carbocycles. The van der Waals surface area contributed by atoms with Crippen LogP contribution in [0.15, 0.2) is 18.2 Å². The Kier molecular flexibility index (Phi) is 3.78. The molecule has 16 heavy (non-hydrogen) atoms. The highest BCUT2D eigenvalue weighted by molar-refractivity contribution is 5.99. The third-order valence-corrected chi connectivity index (χ3v) is 2.16. The van der Waals surface area contributed by atoms with Gasteiger partial charge in [-0.15, -0.1) is 6.42 Å². The zero-order valence-electron chi connectivity index (χ0n) is 8.90. The summed E-state index contributed by atoms with van der Waals surface area (Å²) in [6, 6.07) is 3.68. The zero-order valence-corrected chi connectivity index (χ0v) is 8.90. The lowest BCUT2D eigenvalue weighted by molar-refractivity contribution is 0.0939. The molecule has 0 saturated carbocycles. The van der Waals surface area contributed by atoms with Crippen LogP contribution >= 0.6 is 0 Å². The van der Waals surface area contributed by atoms with Crippen LogP contribution in [-0.4, -0.2) is 22.2 Å². The van der Waals surface area contributed by atoms with Gasteiger partial charge in [-0.05, 0) is 18.6 Å². The van der Waals surface area contributed by atoms with E-state index in [2.05, 4.69) is 11.2 Å². The van der Waals surface area contributed by atoms with Gasteiger partial charge < -0.3 is 15.5 Å². The van der Waals surface area contributed by atoms with Crippen molar-refractivity contribution in [1.82, 2.24) is 5.32 Å². The number of benzene rings is 1. The molecule has 1 atom stereocenters. The average Bonchev–Trinajstić information content (AvgIpc) is 2.25. The Balaban J connectivity index is 2.94. The van der Waals surface area contributed by atoms with Crippen LogP contribution in [0.1, 0.15) is 23.7 Å². The second-order valence-electron chi connectivity index (χ2n) is 3.27. The van der Waals surface area contributed by atoms with Gasteiger partial charge in [-0.25, -0.2) is 0 Å². The number of amides is 1. The number of phenolic OH excluding ortho intramolecular Hbond substituents is 2. The summed E-state index contributed by atoms with van der Waals surface area (Å²) in [6.07, 6.45) is 5.78. The summed E-state index contributed by atoms with van der Waals surface area (Å²) >= 11 is 0. The van der Waals surface area contributed by atoms with Crippen LogP contribution in [0.2, 0.25) is 0 Å². The van der Waals surface area contributed by atoms with Gasteiger partial charge in [0.15, 0.2) is 0 Å². The van der Waals surface area contributed by atoms with Gasteiger partial charge in [-0.1, -0.05) is 18.9 Å². The first-order chi connectivity index (χ1) is 7.60. The molecule has 1 rings (SSSR count). The van der Waals surface area contributed by atoms with E-state index >= 15 is 0 Å². The van der Waals surface area contributed by atoms with Crippen molar-refractivity contribution in [1.29, 1.82) is 0 Å². The van der Waals surface area contributed by atoms with Gasteiger partial charge in [0.05, 0.1) is 6.04 Å². The van der Waals surface area contributed by atoms with Gasteiger partial charge in [0.25, 0.3) is 5.91 Å². The number of carbonyl (C=O) groups excluding carboxylic acids is 1. The average molecular weight is 219 g/mol. The molecule has 0 radical (unpaired) electrons. The highest BCUT2D eigenvalue weighted by Crippen LogP contribution is 2.25. The Bertz CT molecular complexity index is 414. The predicted octanol–water partition coefficient (Wildman–Crippen LogP) is 1.24. The second-order valence-corrected chi connectivity index (χ2v) is 3.27. The minimum Gasteiger partial charge on any atom is -0.507 e. The van der Waals surface area contributed by atoms with Crippen molar-refractivity contribution in [2.75, 3.05) is 0 Å². The summed E-state index contributed by atoms with van der Waals surface area (Å²) in [5.74, 6) is 1.27. The first-order valence-corrected chi connectivity index (χ1v) is 4.88. The number of nitrogens with one attached hydrogen (secondary N) is 1. The molecule has 84 valence electrons. The first kappa shape index (κ1) is 11.9. The molecule has 4 nitrogen and oxygen atoms in total. The van der Waals surface area contributed by atoms with Crippen LogP contribution < -0.4 is 5.32 Å². The van der Waals surface area contributed by atoms with Gasteiger partial charge in [0.2, 0.25) is 0 Å². The lowest BCUT2D eigenvalue weighted by atomic mass is 10.1. The minimum absolute atomic E-state index is 0.156. The topological polar surface area (TPSA) is 69.6 Å². The van der Waals surface area contributed by atoms with Gasteiger partial charge in [-0.2, -0.15) is 0 Å². The van der Waals surface area contributed by atoms with Crippen LogP contribution in [0.3, 0.4) is 0 Å². The van der Waals surface area contributed by atoms with Crippen molar-refractivity contribution in [2.24, 2.45) is 0 Å². The van der Waals surface area contributed by atoms with Gasteiger partial charge in [0.1, 0.15) is 17.1 Å². The van der Waals surface area contributed by atoms with Crippen molar-refractivity contribution in [3.05, 3.63) is 23.8 Å². The van der Waals surface area contributed by atoms with E-state index < -0.39 is 11.9 Å². The first-order valence-electron chi connectivity index (χ1n) is 4.88. The molecule has 0 fully saturated rings. The van der Waals surface area contributed by atoms with E-state index in [9.17, 15) is 15.0 Å². The van der Waals surface area contributed by atoms with E-state index in [0.29, 0.717) is 6.42 Å². The van der Waals surface area contributed by atoms with Crippen molar-refractivity contribution in [3.63, 3.8) is 0 Å². The molecular weight excluding hydrogens is 206 g/mol. The second kappa shape index (κ2) is 5.08. The molecule has 0 aliphatic rings. The van der Waals surface area contributed by atoms with Crippen LogP contribution in [-0.2, 0) is 0 Å². The molecule has 0 heterocycles. The molecule has 4 heteroatoms. The quantitative estimate of drug-likeness (QED) is 0.670. The smallest absolute Gasteiger partial charge is 0.259 e. The number of phenols is 2. The fraction of sp³-hybridized carbons (Fsp3) is 0.250. The van der Waals surface area contributed by atoms with Crippen molar-refractivity contribution in [3.8, 4) is 23.8 Å². The predicted molar refractivity (Wildman–Crippen MR) is 60.1 cm³/mol. The van der Waals surface area contributed by atoms with Crippen molar-refractivity contribution < 1.29 is 15.0 Å². The van der Waals surface area contributed by atoms with E-state index in [0.717, 1.165) is 0 Å². The molecule has 1 amide bonds. The summed E-state index contributed by atoms with van der Waals surface area (Å²) < 4.78 is 0. The molecule has 0 aliphatic carbocycles. The number of carbonyl (C=O) groups is 1. The van der Waals surface area contributed by atoms with Crippen LogP contribution in [0.5, 0.6) is 11.5 Å². The SMILES string of the molecule is C#CC(CC)NC(=O)c1c(O)cccc1O. The molecule has 0 aromatic heterocycles. The van der Waals surface area contributed by atoms with E-state index in [1.807, 2.05) is 6.92 Å². The Morgan fingerprint density at radius 3 is 2.50 bits per heavy atom. The number of hydrogen-bond acceptors (Lipinski definition) is 3. The van der Waals surface area contributed by atoms with Crippen molar-refractivity contribution >= 4 is 5.91 Å². The maximum atomic E-state index is 11.7. The lowest BCUT2D eigenvalue weighted by Gasteiger charge is -2.12. The third-order valence-electron chi connectivity index (χ3n) is 2.16. The van der Waals surface area contributed by atoms with E-state index in [1.165, 1.54) is 18.2 Å². The fourth-order valence-corrected chi connectivity index (χ4v) is 1.25. The molecule has 1 aromatic rings. The number of rotatable bonds is 3. The molecular formula is C12H13NO3. The Morgan fingerprint density at radius 2 is 2.06 bits per heavy atom. The normalized spacial score (nSPS) is 11.5. The fourth-order valence-electron chi connectivity index (χ4n) is 1.25. The van der Waals surface area contributed by atoms with E-state index in [4.69, 9.17) is 6.42 Å². The Hall–Kier alpha value is -2.15. The summed E-state index contributed by atoms with van der Waals surface area (Å²) in [5, 5.41) is 21.4. The van der Waals surface area contributed by atoms with E-state index in [1.54, 1.807) is 0 Å². The third kappa shape index (κ3) is 2.45.